The molecule has 4 heteroatoms. The van der Waals surface area contributed by atoms with Gasteiger partial charge in [0.05, 0.1) is 12.5 Å². The van der Waals surface area contributed by atoms with E-state index in [1.165, 1.54) is 0 Å². The quantitative estimate of drug-likeness (QED) is 0.920. The summed E-state index contributed by atoms with van der Waals surface area (Å²) in [6.07, 6.45) is 2.93. The summed E-state index contributed by atoms with van der Waals surface area (Å²) in [5.41, 5.74) is 7.64. The summed E-state index contributed by atoms with van der Waals surface area (Å²) >= 11 is 0. The Bertz CT molecular complexity index is 552. The molecule has 1 saturated carbocycles. The Balaban J connectivity index is 1.82. The fourth-order valence-corrected chi connectivity index (χ4v) is 3.38. The first-order valence-corrected chi connectivity index (χ1v) is 7.75. The first-order chi connectivity index (χ1) is 10.1. The highest BCUT2D eigenvalue weighted by Crippen LogP contribution is 2.51. The van der Waals surface area contributed by atoms with Crippen LogP contribution in [0.4, 0.5) is 0 Å². The van der Waals surface area contributed by atoms with Crippen molar-refractivity contribution >= 4 is 5.91 Å². The van der Waals surface area contributed by atoms with Gasteiger partial charge >= 0.3 is 0 Å². The minimum atomic E-state index is -0.301. The van der Waals surface area contributed by atoms with Gasteiger partial charge in [-0.2, -0.15) is 0 Å². The van der Waals surface area contributed by atoms with Gasteiger partial charge in [0.15, 0.2) is 0 Å². The summed E-state index contributed by atoms with van der Waals surface area (Å²) in [5.74, 6) is 1.62. The number of likely N-dealkylation sites (tertiary alicyclic amines) is 1. The summed E-state index contributed by atoms with van der Waals surface area (Å²) in [4.78, 5) is 14.9. The van der Waals surface area contributed by atoms with Gasteiger partial charge in [-0.25, -0.2) is 0 Å². The zero-order valence-electron chi connectivity index (χ0n) is 12.9. The van der Waals surface area contributed by atoms with Crippen LogP contribution in [0.25, 0.3) is 0 Å². The number of carbonyl (C=O) groups is 1. The Labute approximate surface area is 126 Å². The van der Waals surface area contributed by atoms with Crippen molar-refractivity contribution in [2.75, 3.05) is 26.7 Å². The zero-order chi connectivity index (χ0) is 15.0. The Kier molecular flexibility index (Phi) is 3.66. The minimum absolute atomic E-state index is 0.282. The van der Waals surface area contributed by atoms with Gasteiger partial charge in [0.25, 0.3) is 0 Å². The Morgan fingerprint density at radius 1 is 1.48 bits per heavy atom. The van der Waals surface area contributed by atoms with Gasteiger partial charge in [-0.05, 0) is 55.8 Å². The molecule has 1 heterocycles. The number of methoxy groups -OCH3 is 1. The molecule has 0 bridgehead atoms. The van der Waals surface area contributed by atoms with E-state index in [1.807, 2.05) is 24.0 Å². The second kappa shape index (κ2) is 5.34. The maximum Gasteiger partial charge on any atom is 0.233 e. The maximum absolute atomic E-state index is 12.9. The van der Waals surface area contributed by atoms with Gasteiger partial charge < -0.3 is 15.4 Å². The molecule has 0 aromatic heterocycles. The van der Waals surface area contributed by atoms with Crippen molar-refractivity contribution in [2.24, 2.45) is 11.7 Å². The summed E-state index contributed by atoms with van der Waals surface area (Å²) in [7, 11) is 1.68. The van der Waals surface area contributed by atoms with E-state index >= 15 is 0 Å². The molecule has 0 spiro atoms. The van der Waals surface area contributed by atoms with E-state index in [2.05, 4.69) is 6.07 Å². The van der Waals surface area contributed by atoms with Crippen LogP contribution in [0.5, 0.6) is 5.75 Å². The molecule has 1 aromatic rings. The SMILES string of the molecule is COc1cc(C2(C(=O)N3CCC(CN)C3)CC2)ccc1C. The molecule has 1 atom stereocenters. The van der Waals surface area contributed by atoms with Gasteiger partial charge in [0, 0.05) is 13.1 Å². The lowest BCUT2D eigenvalue weighted by molar-refractivity contribution is -0.133. The molecule has 1 saturated heterocycles. The third-order valence-electron chi connectivity index (χ3n) is 5.03. The fraction of sp³-hybridized carbons (Fsp3) is 0.588. The van der Waals surface area contributed by atoms with Crippen molar-refractivity contribution in [1.82, 2.24) is 4.90 Å². The Morgan fingerprint density at radius 2 is 2.24 bits per heavy atom. The molecule has 2 aliphatic rings. The monoisotopic (exact) mass is 288 g/mol. The predicted octanol–water partition coefficient (Wildman–Crippen LogP) is 1.84. The summed E-state index contributed by atoms with van der Waals surface area (Å²) < 4.78 is 5.41. The van der Waals surface area contributed by atoms with Gasteiger partial charge in [-0.15, -0.1) is 0 Å². The van der Waals surface area contributed by atoms with E-state index in [0.717, 1.165) is 49.2 Å². The summed E-state index contributed by atoms with van der Waals surface area (Å²) in [5, 5.41) is 0. The highest BCUT2D eigenvalue weighted by Gasteiger charge is 2.53. The van der Waals surface area contributed by atoms with E-state index in [0.29, 0.717) is 12.5 Å². The molecular formula is C17H24N2O2. The van der Waals surface area contributed by atoms with Crippen molar-refractivity contribution in [1.29, 1.82) is 0 Å². The molecule has 1 aliphatic carbocycles. The predicted molar refractivity (Wildman–Crippen MR) is 82.4 cm³/mol. The van der Waals surface area contributed by atoms with Crippen molar-refractivity contribution in [3.05, 3.63) is 29.3 Å². The lowest BCUT2D eigenvalue weighted by Gasteiger charge is -2.24. The number of amides is 1. The van der Waals surface area contributed by atoms with E-state index in [1.54, 1.807) is 7.11 Å². The van der Waals surface area contributed by atoms with Gasteiger partial charge in [0.2, 0.25) is 5.91 Å². The standard InChI is InChI=1S/C17H24N2O2/c1-12-3-4-14(9-15(12)21-2)17(6-7-17)16(20)19-8-5-13(10-18)11-19/h3-4,9,13H,5-8,10-11,18H2,1-2H3. The van der Waals surface area contributed by atoms with E-state index in [4.69, 9.17) is 10.5 Å². The summed E-state index contributed by atoms with van der Waals surface area (Å²) in [6.45, 7) is 4.37. The highest BCUT2D eigenvalue weighted by molar-refractivity contribution is 5.91. The smallest absolute Gasteiger partial charge is 0.233 e. The van der Waals surface area contributed by atoms with Crippen LogP contribution in [0, 0.1) is 12.8 Å². The Hall–Kier alpha value is -1.55. The van der Waals surface area contributed by atoms with Crippen LogP contribution in [0.1, 0.15) is 30.4 Å². The number of hydrogen-bond acceptors (Lipinski definition) is 3. The van der Waals surface area contributed by atoms with Gasteiger partial charge in [-0.3, -0.25) is 4.79 Å². The highest BCUT2D eigenvalue weighted by atomic mass is 16.5. The van der Waals surface area contributed by atoms with Crippen LogP contribution < -0.4 is 10.5 Å². The molecule has 4 nitrogen and oxygen atoms in total. The number of nitrogens with two attached hydrogens (primary N) is 1. The summed E-state index contributed by atoms with van der Waals surface area (Å²) in [6, 6.07) is 6.17. The average molecular weight is 288 g/mol. The molecule has 0 radical (unpaired) electrons. The van der Waals surface area contributed by atoms with Crippen LogP contribution in [-0.4, -0.2) is 37.6 Å². The second-order valence-electron chi connectivity index (χ2n) is 6.41. The van der Waals surface area contributed by atoms with Crippen LogP contribution >= 0.6 is 0 Å². The Morgan fingerprint density at radius 3 is 2.81 bits per heavy atom. The number of nitrogens with zero attached hydrogens (tertiary/aromatic N) is 1. The van der Waals surface area contributed by atoms with Crippen molar-refractivity contribution in [2.45, 2.75) is 31.6 Å². The number of benzene rings is 1. The minimum Gasteiger partial charge on any atom is -0.496 e. The molecule has 114 valence electrons. The molecule has 1 amide bonds. The molecule has 1 aliphatic heterocycles. The fourth-order valence-electron chi connectivity index (χ4n) is 3.38. The third kappa shape index (κ3) is 2.42. The number of rotatable bonds is 4. The average Bonchev–Trinajstić information content (AvgIpc) is 3.17. The van der Waals surface area contributed by atoms with E-state index < -0.39 is 0 Å². The van der Waals surface area contributed by atoms with Crippen molar-refractivity contribution < 1.29 is 9.53 Å². The number of aryl methyl sites for hydroxylation is 1. The topological polar surface area (TPSA) is 55.6 Å². The normalized spacial score (nSPS) is 23.2. The molecule has 21 heavy (non-hydrogen) atoms. The van der Waals surface area contributed by atoms with Gasteiger partial charge in [-0.1, -0.05) is 12.1 Å². The largest absolute Gasteiger partial charge is 0.496 e. The lowest BCUT2D eigenvalue weighted by atomic mass is 9.93. The number of ether oxygens (including phenoxy) is 1. The molecular weight excluding hydrogens is 264 g/mol. The zero-order valence-corrected chi connectivity index (χ0v) is 12.9. The molecule has 1 unspecified atom stereocenters. The van der Waals surface area contributed by atoms with Crippen LogP contribution in [0.2, 0.25) is 0 Å². The molecule has 2 fully saturated rings. The van der Waals surface area contributed by atoms with Crippen LogP contribution in [0.3, 0.4) is 0 Å². The first-order valence-electron chi connectivity index (χ1n) is 7.75. The van der Waals surface area contributed by atoms with Crippen molar-refractivity contribution in [3.63, 3.8) is 0 Å². The number of carbonyl (C=O) groups excluding carboxylic acids is 1. The second-order valence-corrected chi connectivity index (χ2v) is 6.41. The maximum atomic E-state index is 12.9. The van der Waals surface area contributed by atoms with Gasteiger partial charge in [0.1, 0.15) is 5.75 Å². The van der Waals surface area contributed by atoms with Crippen LogP contribution in [0.15, 0.2) is 18.2 Å². The molecule has 1 aromatic carbocycles. The molecule has 2 N–H and O–H groups in total. The molecule has 3 rings (SSSR count). The lowest BCUT2D eigenvalue weighted by Crippen LogP contribution is -2.38. The van der Waals surface area contributed by atoms with E-state index in [-0.39, 0.29) is 11.3 Å². The first kappa shape index (κ1) is 14.4. The number of hydrogen-bond donors (Lipinski definition) is 1. The van der Waals surface area contributed by atoms with Crippen molar-refractivity contribution in [3.8, 4) is 5.75 Å². The van der Waals surface area contributed by atoms with E-state index in [9.17, 15) is 4.79 Å². The third-order valence-corrected chi connectivity index (χ3v) is 5.03. The van der Waals surface area contributed by atoms with Crippen LogP contribution in [-0.2, 0) is 10.2 Å².